The standard InChI is InChI=1S/C24H25FN2O3S2/c1-3-15-27(32(29,30)23-13-10-21(25)11-14-23)18-24(28)26(16-20-7-5-4-6-8-20)17-22-12-9-19(2)31-22/h3-14H,1,15-18H2,2H3. The summed E-state index contributed by atoms with van der Waals surface area (Å²) in [4.78, 5) is 17.0. The van der Waals surface area contributed by atoms with Crippen LogP contribution in [0.25, 0.3) is 0 Å². The molecule has 3 aromatic rings. The molecule has 0 aliphatic heterocycles. The number of hydrogen-bond acceptors (Lipinski definition) is 4. The van der Waals surface area contributed by atoms with Gasteiger partial charge in [-0.2, -0.15) is 4.31 Å². The van der Waals surface area contributed by atoms with E-state index in [4.69, 9.17) is 0 Å². The fourth-order valence-electron chi connectivity index (χ4n) is 3.19. The lowest BCUT2D eigenvalue weighted by Gasteiger charge is -2.26. The first-order valence-corrected chi connectivity index (χ1v) is 12.3. The summed E-state index contributed by atoms with van der Waals surface area (Å²) in [6, 6.07) is 18.1. The topological polar surface area (TPSA) is 57.7 Å². The zero-order chi connectivity index (χ0) is 23.1. The summed E-state index contributed by atoms with van der Waals surface area (Å²) < 4.78 is 40.5. The normalized spacial score (nSPS) is 11.5. The van der Waals surface area contributed by atoms with Crippen molar-refractivity contribution in [1.29, 1.82) is 0 Å². The van der Waals surface area contributed by atoms with Gasteiger partial charge in [0.05, 0.1) is 18.0 Å². The van der Waals surface area contributed by atoms with E-state index in [1.54, 1.807) is 16.2 Å². The number of nitrogens with zero attached hydrogens (tertiary/aromatic N) is 2. The number of amides is 1. The molecule has 5 nitrogen and oxygen atoms in total. The van der Waals surface area contributed by atoms with Gasteiger partial charge in [-0.1, -0.05) is 36.4 Å². The number of carbonyl (C=O) groups is 1. The number of thiophene rings is 1. The van der Waals surface area contributed by atoms with Gasteiger partial charge in [-0.25, -0.2) is 12.8 Å². The van der Waals surface area contributed by atoms with E-state index in [-0.39, 0.29) is 23.9 Å². The third-order valence-corrected chi connectivity index (χ3v) is 7.62. The summed E-state index contributed by atoms with van der Waals surface area (Å²) in [6.07, 6.45) is 1.43. The molecule has 1 amide bonds. The van der Waals surface area contributed by atoms with Crippen molar-refractivity contribution in [1.82, 2.24) is 9.21 Å². The number of hydrogen-bond donors (Lipinski definition) is 0. The Hall–Kier alpha value is -2.81. The second-order valence-electron chi connectivity index (χ2n) is 7.29. The van der Waals surface area contributed by atoms with Crippen LogP contribution >= 0.6 is 11.3 Å². The highest BCUT2D eigenvalue weighted by Crippen LogP contribution is 2.21. The second-order valence-corrected chi connectivity index (χ2v) is 10.6. The van der Waals surface area contributed by atoms with Gasteiger partial charge in [0.2, 0.25) is 15.9 Å². The van der Waals surface area contributed by atoms with Crippen molar-refractivity contribution in [2.24, 2.45) is 0 Å². The van der Waals surface area contributed by atoms with Gasteiger partial charge in [0.25, 0.3) is 0 Å². The SMILES string of the molecule is C=CCN(CC(=O)N(Cc1ccccc1)Cc1ccc(C)s1)S(=O)(=O)c1ccc(F)cc1. The highest BCUT2D eigenvalue weighted by Gasteiger charge is 2.28. The Morgan fingerprint density at radius 3 is 2.31 bits per heavy atom. The van der Waals surface area contributed by atoms with Crippen LogP contribution in [0.5, 0.6) is 0 Å². The van der Waals surface area contributed by atoms with E-state index < -0.39 is 15.8 Å². The Morgan fingerprint density at radius 1 is 1.03 bits per heavy atom. The molecule has 2 aromatic carbocycles. The molecule has 0 N–H and O–H groups in total. The molecule has 1 heterocycles. The van der Waals surface area contributed by atoms with Gasteiger partial charge in [0, 0.05) is 22.8 Å². The Morgan fingerprint density at radius 2 is 1.72 bits per heavy atom. The van der Waals surface area contributed by atoms with Crippen molar-refractivity contribution >= 4 is 27.3 Å². The van der Waals surface area contributed by atoms with Gasteiger partial charge in [-0.05, 0) is 48.9 Å². The van der Waals surface area contributed by atoms with Gasteiger partial charge in [-0.15, -0.1) is 17.9 Å². The number of benzene rings is 2. The summed E-state index contributed by atoms with van der Waals surface area (Å²) >= 11 is 1.60. The van der Waals surface area contributed by atoms with Gasteiger partial charge >= 0.3 is 0 Å². The van der Waals surface area contributed by atoms with Crippen molar-refractivity contribution in [2.45, 2.75) is 24.9 Å². The molecule has 0 aliphatic carbocycles. The molecule has 0 bridgehead atoms. The van der Waals surface area contributed by atoms with Crippen molar-refractivity contribution in [2.75, 3.05) is 13.1 Å². The monoisotopic (exact) mass is 472 g/mol. The predicted molar refractivity (Wildman–Crippen MR) is 125 cm³/mol. The second kappa shape index (κ2) is 10.7. The van der Waals surface area contributed by atoms with Crippen molar-refractivity contribution in [3.63, 3.8) is 0 Å². The van der Waals surface area contributed by atoms with E-state index in [1.165, 1.54) is 18.2 Å². The molecule has 0 aliphatic rings. The molecule has 168 valence electrons. The highest BCUT2D eigenvalue weighted by molar-refractivity contribution is 7.89. The lowest BCUT2D eigenvalue weighted by molar-refractivity contribution is -0.132. The fourth-order valence-corrected chi connectivity index (χ4v) is 5.46. The maximum Gasteiger partial charge on any atom is 0.243 e. The van der Waals surface area contributed by atoms with Crippen LogP contribution < -0.4 is 0 Å². The Labute approximate surface area is 192 Å². The molecule has 0 unspecified atom stereocenters. The molecular formula is C24H25FN2O3S2. The quantitative estimate of drug-likeness (QED) is 0.405. The van der Waals surface area contributed by atoms with E-state index in [9.17, 15) is 17.6 Å². The van der Waals surface area contributed by atoms with Crippen LogP contribution in [-0.4, -0.2) is 36.6 Å². The molecule has 3 rings (SSSR count). The van der Waals surface area contributed by atoms with Crippen LogP contribution in [0.4, 0.5) is 4.39 Å². The average molecular weight is 473 g/mol. The zero-order valence-corrected chi connectivity index (χ0v) is 19.4. The number of sulfonamides is 1. The predicted octanol–water partition coefficient (Wildman–Crippen LogP) is 4.60. The van der Waals surface area contributed by atoms with Gasteiger partial charge in [0.15, 0.2) is 0 Å². The first kappa shape index (κ1) is 23.8. The lowest BCUT2D eigenvalue weighted by Crippen LogP contribution is -2.42. The Kier molecular flexibility index (Phi) is 7.95. The van der Waals surface area contributed by atoms with Crippen LogP contribution in [0.15, 0.2) is 84.3 Å². The highest BCUT2D eigenvalue weighted by atomic mass is 32.2. The van der Waals surface area contributed by atoms with E-state index in [0.29, 0.717) is 13.1 Å². The van der Waals surface area contributed by atoms with Crippen molar-refractivity contribution in [3.05, 3.63) is 101 Å². The molecule has 1 aromatic heterocycles. The van der Waals surface area contributed by atoms with Gasteiger partial charge in [0.1, 0.15) is 5.82 Å². The minimum absolute atomic E-state index is 0.0390. The lowest BCUT2D eigenvalue weighted by atomic mass is 10.2. The first-order valence-electron chi connectivity index (χ1n) is 10.0. The minimum atomic E-state index is -4.00. The van der Waals surface area contributed by atoms with E-state index >= 15 is 0 Å². The molecule has 0 fully saturated rings. The van der Waals surface area contributed by atoms with Crippen LogP contribution in [-0.2, 0) is 27.9 Å². The molecule has 0 spiro atoms. The van der Waals surface area contributed by atoms with E-state index in [2.05, 4.69) is 6.58 Å². The number of carbonyl (C=O) groups excluding carboxylic acids is 1. The Balaban J connectivity index is 1.85. The Bertz CT molecular complexity index is 1160. The molecule has 8 heteroatoms. The summed E-state index contributed by atoms with van der Waals surface area (Å²) in [5.41, 5.74) is 0.950. The summed E-state index contributed by atoms with van der Waals surface area (Å²) in [5, 5.41) is 0. The number of aryl methyl sites for hydroxylation is 1. The maximum absolute atomic E-state index is 13.3. The van der Waals surface area contributed by atoms with Crippen LogP contribution in [0.3, 0.4) is 0 Å². The zero-order valence-electron chi connectivity index (χ0n) is 17.8. The summed E-state index contributed by atoms with van der Waals surface area (Å²) in [6.45, 7) is 5.97. The maximum atomic E-state index is 13.3. The third kappa shape index (κ3) is 6.12. The largest absolute Gasteiger partial charge is 0.332 e. The molecular weight excluding hydrogens is 447 g/mol. The van der Waals surface area contributed by atoms with Crippen LogP contribution in [0, 0.1) is 12.7 Å². The molecule has 0 atom stereocenters. The summed E-state index contributed by atoms with van der Waals surface area (Å²) in [7, 11) is -4.00. The van der Waals surface area contributed by atoms with Crippen LogP contribution in [0.1, 0.15) is 15.3 Å². The van der Waals surface area contributed by atoms with E-state index in [0.717, 1.165) is 31.8 Å². The minimum Gasteiger partial charge on any atom is -0.332 e. The molecule has 0 saturated heterocycles. The number of halogens is 1. The number of rotatable bonds is 10. The van der Waals surface area contributed by atoms with Gasteiger partial charge in [-0.3, -0.25) is 4.79 Å². The summed E-state index contributed by atoms with van der Waals surface area (Å²) in [5.74, 6) is -0.858. The van der Waals surface area contributed by atoms with Crippen molar-refractivity contribution in [3.8, 4) is 0 Å². The van der Waals surface area contributed by atoms with Crippen LogP contribution in [0.2, 0.25) is 0 Å². The first-order chi connectivity index (χ1) is 15.3. The fraction of sp³-hybridized carbons (Fsp3) is 0.208. The smallest absolute Gasteiger partial charge is 0.243 e. The van der Waals surface area contributed by atoms with E-state index in [1.807, 2.05) is 49.4 Å². The van der Waals surface area contributed by atoms with Gasteiger partial charge < -0.3 is 4.90 Å². The third-order valence-electron chi connectivity index (χ3n) is 4.81. The average Bonchev–Trinajstić information content (AvgIpc) is 3.18. The molecule has 0 saturated carbocycles. The molecule has 0 radical (unpaired) electrons. The molecule has 32 heavy (non-hydrogen) atoms. The van der Waals surface area contributed by atoms with Crippen molar-refractivity contribution < 1.29 is 17.6 Å².